The molecule has 2 heterocycles. The van der Waals surface area contributed by atoms with Crippen LogP contribution in [0, 0.1) is 0 Å². The van der Waals surface area contributed by atoms with E-state index < -0.39 is 10.0 Å². The zero-order valence-corrected chi connectivity index (χ0v) is 15.3. The molecule has 1 aromatic heterocycles. The van der Waals surface area contributed by atoms with Crippen molar-refractivity contribution >= 4 is 15.9 Å². The molecule has 1 amide bonds. The molecular formula is C18H21N3O4S. The zero-order valence-electron chi connectivity index (χ0n) is 14.5. The van der Waals surface area contributed by atoms with Crippen molar-refractivity contribution in [2.24, 2.45) is 0 Å². The number of ether oxygens (including phenoxy) is 1. The maximum atomic E-state index is 12.8. The number of hydrogen-bond acceptors (Lipinski definition) is 5. The van der Waals surface area contributed by atoms with E-state index in [1.165, 1.54) is 28.6 Å². The smallest absolute Gasteiger partial charge is 0.251 e. The summed E-state index contributed by atoms with van der Waals surface area (Å²) in [4.78, 5) is 16.3. The van der Waals surface area contributed by atoms with E-state index in [-0.39, 0.29) is 16.8 Å². The average molecular weight is 375 g/mol. The summed E-state index contributed by atoms with van der Waals surface area (Å²) in [6, 6.07) is 9.42. The topological polar surface area (TPSA) is 88.6 Å². The van der Waals surface area contributed by atoms with Gasteiger partial charge in [-0.05, 0) is 48.9 Å². The number of carbonyl (C=O) groups is 1. The quantitative estimate of drug-likeness (QED) is 0.854. The lowest BCUT2D eigenvalue weighted by Crippen LogP contribution is -2.46. The first-order chi connectivity index (χ1) is 12.5. The van der Waals surface area contributed by atoms with Crippen molar-refractivity contribution in [3.05, 3.63) is 59.9 Å². The van der Waals surface area contributed by atoms with Gasteiger partial charge >= 0.3 is 0 Å². The standard InChI is InChI=1S/C18H21N3O4S/c1-14-13-25-11-10-21(14)26(23,24)17-4-2-16(3-5-17)18(22)20-12-15-6-8-19-9-7-15/h2-9,14H,10-13H2,1H3,(H,20,22). The summed E-state index contributed by atoms with van der Waals surface area (Å²) in [5.41, 5.74) is 1.35. The Morgan fingerprint density at radius 1 is 1.23 bits per heavy atom. The summed E-state index contributed by atoms with van der Waals surface area (Å²) in [7, 11) is -3.59. The maximum absolute atomic E-state index is 12.8. The van der Waals surface area contributed by atoms with E-state index in [4.69, 9.17) is 4.74 Å². The van der Waals surface area contributed by atoms with E-state index in [0.717, 1.165) is 5.56 Å². The fourth-order valence-electron chi connectivity index (χ4n) is 2.77. The number of nitrogens with zero attached hydrogens (tertiary/aromatic N) is 2. The van der Waals surface area contributed by atoms with Gasteiger partial charge in [0.2, 0.25) is 10.0 Å². The molecule has 8 heteroatoms. The van der Waals surface area contributed by atoms with Crippen LogP contribution in [0.3, 0.4) is 0 Å². The molecule has 1 aliphatic rings. The Labute approximate surface area is 153 Å². The van der Waals surface area contributed by atoms with E-state index in [9.17, 15) is 13.2 Å². The lowest BCUT2D eigenvalue weighted by atomic mass is 10.2. The normalized spacial score (nSPS) is 18.4. The first-order valence-electron chi connectivity index (χ1n) is 8.35. The number of pyridine rings is 1. The predicted molar refractivity (Wildman–Crippen MR) is 96.0 cm³/mol. The van der Waals surface area contributed by atoms with Crippen LogP contribution >= 0.6 is 0 Å². The van der Waals surface area contributed by atoms with Crippen molar-refractivity contribution < 1.29 is 17.9 Å². The van der Waals surface area contributed by atoms with Gasteiger partial charge in [0.25, 0.3) is 5.91 Å². The lowest BCUT2D eigenvalue weighted by Gasteiger charge is -2.32. The van der Waals surface area contributed by atoms with Crippen LogP contribution < -0.4 is 5.32 Å². The number of nitrogens with one attached hydrogen (secondary N) is 1. The number of sulfonamides is 1. The van der Waals surface area contributed by atoms with Gasteiger partial charge in [0.05, 0.1) is 18.1 Å². The minimum atomic E-state index is -3.59. The van der Waals surface area contributed by atoms with Gasteiger partial charge < -0.3 is 10.1 Å². The van der Waals surface area contributed by atoms with Gasteiger partial charge in [-0.15, -0.1) is 0 Å². The molecule has 0 radical (unpaired) electrons. The van der Waals surface area contributed by atoms with Crippen LogP contribution in [0.25, 0.3) is 0 Å². The second-order valence-corrected chi connectivity index (χ2v) is 7.99. The molecule has 1 fully saturated rings. The largest absolute Gasteiger partial charge is 0.378 e. The van der Waals surface area contributed by atoms with Crippen molar-refractivity contribution in [3.63, 3.8) is 0 Å². The highest BCUT2D eigenvalue weighted by atomic mass is 32.2. The van der Waals surface area contributed by atoms with Gasteiger partial charge in [-0.2, -0.15) is 4.31 Å². The molecule has 3 rings (SSSR count). The third-order valence-electron chi connectivity index (χ3n) is 4.23. The van der Waals surface area contributed by atoms with Crippen LogP contribution in [-0.4, -0.2) is 49.4 Å². The van der Waals surface area contributed by atoms with Crippen molar-refractivity contribution in [3.8, 4) is 0 Å². The minimum Gasteiger partial charge on any atom is -0.378 e. The third-order valence-corrected chi connectivity index (χ3v) is 6.26. The van der Waals surface area contributed by atoms with Crippen LogP contribution in [0.5, 0.6) is 0 Å². The van der Waals surface area contributed by atoms with E-state index in [2.05, 4.69) is 10.3 Å². The Hall–Kier alpha value is -2.29. The van der Waals surface area contributed by atoms with Crippen molar-refractivity contribution in [1.29, 1.82) is 0 Å². The Bertz CT molecular complexity index is 854. The van der Waals surface area contributed by atoms with Crippen molar-refractivity contribution in [2.75, 3.05) is 19.8 Å². The van der Waals surface area contributed by atoms with E-state index in [1.807, 2.05) is 19.1 Å². The Morgan fingerprint density at radius 3 is 2.58 bits per heavy atom. The van der Waals surface area contributed by atoms with Crippen LogP contribution in [0.1, 0.15) is 22.8 Å². The van der Waals surface area contributed by atoms with Gasteiger partial charge in [-0.25, -0.2) is 8.42 Å². The molecule has 26 heavy (non-hydrogen) atoms. The molecule has 0 saturated carbocycles. The van der Waals surface area contributed by atoms with Gasteiger partial charge in [0, 0.05) is 37.1 Å². The number of morpholine rings is 1. The summed E-state index contributed by atoms with van der Waals surface area (Å²) in [5.74, 6) is -0.259. The van der Waals surface area contributed by atoms with Gasteiger partial charge in [0.15, 0.2) is 0 Å². The van der Waals surface area contributed by atoms with Gasteiger partial charge in [-0.3, -0.25) is 9.78 Å². The number of carbonyl (C=O) groups excluding carboxylic acids is 1. The molecule has 1 atom stereocenters. The van der Waals surface area contributed by atoms with Gasteiger partial charge in [-0.1, -0.05) is 0 Å². The SMILES string of the molecule is CC1COCCN1S(=O)(=O)c1ccc(C(=O)NCc2ccncc2)cc1. The van der Waals surface area contributed by atoms with Crippen molar-refractivity contribution in [2.45, 2.75) is 24.4 Å². The molecule has 7 nitrogen and oxygen atoms in total. The maximum Gasteiger partial charge on any atom is 0.251 e. The van der Waals surface area contributed by atoms with E-state index >= 15 is 0 Å². The molecule has 1 unspecified atom stereocenters. The average Bonchev–Trinajstić information content (AvgIpc) is 2.67. The van der Waals surface area contributed by atoms with Crippen LogP contribution in [0.15, 0.2) is 53.7 Å². The fraction of sp³-hybridized carbons (Fsp3) is 0.333. The fourth-order valence-corrected chi connectivity index (χ4v) is 4.37. The highest BCUT2D eigenvalue weighted by Gasteiger charge is 2.31. The molecule has 1 aliphatic heterocycles. The molecule has 0 bridgehead atoms. The summed E-state index contributed by atoms with van der Waals surface area (Å²) in [5, 5.41) is 2.80. The second-order valence-electron chi connectivity index (χ2n) is 6.10. The minimum absolute atomic E-state index is 0.178. The molecule has 1 aromatic carbocycles. The van der Waals surface area contributed by atoms with E-state index in [1.54, 1.807) is 12.4 Å². The molecular weight excluding hydrogens is 354 g/mol. The van der Waals surface area contributed by atoms with Crippen LogP contribution in [0.4, 0.5) is 0 Å². The molecule has 2 aromatic rings. The van der Waals surface area contributed by atoms with Gasteiger partial charge in [0.1, 0.15) is 0 Å². The monoisotopic (exact) mass is 375 g/mol. The summed E-state index contributed by atoms with van der Waals surface area (Å²) >= 11 is 0. The van der Waals surface area contributed by atoms with Crippen LogP contribution in [0.2, 0.25) is 0 Å². The number of benzene rings is 1. The highest BCUT2D eigenvalue weighted by molar-refractivity contribution is 7.89. The number of aromatic nitrogens is 1. The zero-order chi connectivity index (χ0) is 18.6. The number of amides is 1. The first kappa shape index (κ1) is 18.5. The molecule has 1 saturated heterocycles. The van der Waals surface area contributed by atoms with Crippen LogP contribution in [-0.2, 0) is 21.3 Å². The summed E-state index contributed by atoms with van der Waals surface area (Å²) in [6.45, 7) is 3.30. The molecule has 1 N–H and O–H groups in total. The Kier molecular flexibility index (Phi) is 5.65. The summed E-state index contributed by atoms with van der Waals surface area (Å²) < 4.78 is 32.2. The summed E-state index contributed by atoms with van der Waals surface area (Å²) in [6.07, 6.45) is 3.32. The second kappa shape index (κ2) is 7.94. The third kappa shape index (κ3) is 4.09. The Balaban J connectivity index is 1.68. The van der Waals surface area contributed by atoms with E-state index in [0.29, 0.717) is 31.9 Å². The number of rotatable bonds is 5. The van der Waals surface area contributed by atoms with Crippen molar-refractivity contribution in [1.82, 2.24) is 14.6 Å². The molecule has 0 aliphatic carbocycles. The molecule has 138 valence electrons. The first-order valence-corrected chi connectivity index (χ1v) is 9.79. The highest BCUT2D eigenvalue weighted by Crippen LogP contribution is 2.21. The lowest BCUT2D eigenvalue weighted by molar-refractivity contribution is 0.0393. The number of hydrogen-bond donors (Lipinski definition) is 1. The predicted octanol–water partition coefficient (Wildman–Crippen LogP) is 1.42. The Morgan fingerprint density at radius 2 is 1.92 bits per heavy atom. The molecule has 0 spiro atoms.